The first-order chi connectivity index (χ1) is 19.8. The number of hydrogen-bond acceptors (Lipinski definition) is 7. The Labute approximate surface area is 248 Å². The van der Waals surface area contributed by atoms with Crippen LogP contribution >= 0.6 is 22.9 Å². The minimum atomic E-state index is -0.258. The van der Waals surface area contributed by atoms with Crippen molar-refractivity contribution < 1.29 is 14.4 Å². The summed E-state index contributed by atoms with van der Waals surface area (Å²) in [5, 5.41) is 7.29. The molecule has 0 atom stereocenters. The summed E-state index contributed by atoms with van der Waals surface area (Å²) in [6, 6.07) is 11.6. The number of thiazole rings is 1. The van der Waals surface area contributed by atoms with Gasteiger partial charge in [-0.1, -0.05) is 47.2 Å². The Balaban J connectivity index is 1.13. The summed E-state index contributed by atoms with van der Waals surface area (Å²) in [6.07, 6.45) is 5.91. The number of carbonyl (C=O) groups is 3. The van der Waals surface area contributed by atoms with Crippen LogP contribution in [-0.4, -0.2) is 76.7 Å². The van der Waals surface area contributed by atoms with Gasteiger partial charge >= 0.3 is 0 Å². The van der Waals surface area contributed by atoms with Crippen LogP contribution in [0, 0.1) is 6.92 Å². The first kappa shape index (κ1) is 28.8. The molecule has 3 amide bonds. The lowest BCUT2D eigenvalue weighted by molar-refractivity contribution is -0.130. The second-order valence-electron chi connectivity index (χ2n) is 10.2. The lowest BCUT2D eigenvalue weighted by Gasteiger charge is -2.33. The zero-order valence-corrected chi connectivity index (χ0v) is 24.7. The van der Waals surface area contributed by atoms with Gasteiger partial charge in [0, 0.05) is 64.5 Å². The predicted octanol–water partition coefficient (Wildman–Crippen LogP) is 4.71. The Kier molecular flexibility index (Phi) is 9.02. The van der Waals surface area contributed by atoms with E-state index < -0.39 is 0 Å². The molecule has 3 aromatic rings. The second kappa shape index (κ2) is 12.8. The number of para-hydroxylation sites is 1. The minimum Gasteiger partial charge on any atom is -0.340 e. The van der Waals surface area contributed by atoms with E-state index >= 15 is 0 Å². The Morgan fingerprint density at radius 3 is 2.61 bits per heavy atom. The van der Waals surface area contributed by atoms with E-state index in [0.717, 1.165) is 49.4 Å². The zero-order chi connectivity index (χ0) is 28.9. The SMILES string of the molecule is CC(=O)N1CCN(C/C=C/C(=O)N2CCc3cc(Nc4ncc(C(=O)Nc5c(C)cccc5Cl)s4)ccc3C2)CC1. The average Bonchev–Trinajstić information content (AvgIpc) is 3.43. The quantitative estimate of drug-likeness (QED) is 0.386. The van der Waals surface area contributed by atoms with Crippen molar-refractivity contribution in [1.29, 1.82) is 0 Å². The Morgan fingerprint density at radius 2 is 1.85 bits per heavy atom. The standard InChI is InChI=1S/C30H33ClN6O3S/c1-20-5-3-6-25(31)28(20)34-29(40)26-18-32-30(41-26)33-24-9-8-23-19-37(12-10-22(23)17-24)27(39)7-4-11-35-13-15-36(16-14-35)21(2)38/h3-9,17-18H,10-16,19H2,1-2H3,(H,32,33)(H,34,40)/b7-4+. The zero-order valence-electron chi connectivity index (χ0n) is 23.2. The van der Waals surface area contributed by atoms with E-state index in [1.165, 1.54) is 16.9 Å². The highest BCUT2D eigenvalue weighted by Crippen LogP contribution is 2.29. The van der Waals surface area contributed by atoms with Crippen molar-refractivity contribution >= 4 is 57.2 Å². The molecule has 9 nitrogen and oxygen atoms in total. The van der Waals surface area contributed by atoms with Crippen LogP contribution in [-0.2, 0) is 22.6 Å². The number of rotatable bonds is 7. The Hall–Kier alpha value is -3.73. The molecule has 41 heavy (non-hydrogen) atoms. The summed E-state index contributed by atoms with van der Waals surface area (Å²) >= 11 is 7.51. The number of benzene rings is 2. The van der Waals surface area contributed by atoms with Gasteiger partial charge in [-0.2, -0.15) is 0 Å². The molecule has 2 aliphatic heterocycles. The van der Waals surface area contributed by atoms with E-state index in [0.29, 0.717) is 40.4 Å². The van der Waals surface area contributed by atoms with Crippen molar-refractivity contribution in [3.63, 3.8) is 0 Å². The summed E-state index contributed by atoms with van der Waals surface area (Å²) in [5.74, 6) is -0.127. The van der Waals surface area contributed by atoms with Gasteiger partial charge in [0.05, 0.1) is 16.9 Å². The number of aromatic nitrogens is 1. The highest BCUT2D eigenvalue weighted by atomic mass is 35.5. The van der Waals surface area contributed by atoms with E-state index in [1.54, 1.807) is 25.3 Å². The molecule has 0 bridgehead atoms. The molecular weight excluding hydrogens is 560 g/mol. The Bertz CT molecular complexity index is 1460. The number of fused-ring (bicyclic) bond motifs is 1. The van der Waals surface area contributed by atoms with Crippen LogP contribution in [0.15, 0.2) is 54.7 Å². The van der Waals surface area contributed by atoms with E-state index in [9.17, 15) is 14.4 Å². The predicted molar refractivity (Wildman–Crippen MR) is 163 cm³/mol. The highest BCUT2D eigenvalue weighted by Gasteiger charge is 2.21. The molecule has 3 heterocycles. The van der Waals surface area contributed by atoms with Crippen LogP contribution in [0.4, 0.5) is 16.5 Å². The van der Waals surface area contributed by atoms with E-state index in [4.69, 9.17) is 11.6 Å². The molecule has 0 aliphatic carbocycles. The van der Waals surface area contributed by atoms with Crippen molar-refractivity contribution in [1.82, 2.24) is 19.7 Å². The van der Waals surface area contributed by atoms with Crippen molar-refractivity contribution in [3.8, 4) is 0 Å². The molecule has 2 N–H and O–H groups in total. The molecular formula is C30H33ClN6O3S. The fourth-order valence-corrected chi connectivity index (χ4v) is 6.00. The molecule has 1 saturated heterocycles. The molecule has 0 spiro atoms. The number of hydrogen-bond donors (Lipinski definition) is 2. The van der Waals surface area contributed by atoms with Gasteiger partial charge in [0.25, 0.3) is 5.91 Å². The molecule has 2 aromatic carbocycles. The summed E-state index contributed by atoms with van der Waals surface area (Å²) in [6.45, 7) is 8.54. The third kappa shape index (κ3) is 7.13. The monoisotopic (exact) mass is 592 g/mol. The molecule has 0 radical (unpaired) electrons. The van der Waals surface area contributed by atoms with Gasteiger partial charge in [-0.15, -0.1) is 0 Å². The summed E-state index contributed by atoms with van der Waals surface area (Å²) in [4.78, 5) is 47.9. The number of amides is 3. The van der Waals surface area contributed by atoms with Gasteiger partial charge in [-0.05, 0) is 48.2 Å². The molecule has 11 heteroatoms. The lowest BCUT2D eigenvalue weighted by atomic mass is 9.99. The number of nitrogens with zero attached hydrogens (tertiary/aromatic N) is 4. The van der Waals surface area contributed by atoms with Crippen molar-refractivity contribution in [2.75, 3.05) is 49.9 Å². The second-order valence-corrected chi connectivity index (χ2v) is 11.7. The van der Waals surface area contributed by atoms with Gasteiger partial charge < -0.3 is 20.4 Å². The lowest BCUT2D eigenvalue weighted by Crippen LogP contribution is -2.47. The van der Waals surface area contributed by atoms with Crippen LogP contribution in [0.3, 0.4) is 0 Å². The molecule has 2 aliphatic rings. The minimum absolute atomic E-state index is 0.0146. The Morgan fingerprint density at radius 1 is 1.05 bits per heavy atom. The van der Waals surface area contributed by atoms with E-state index in [-0.39, 0.29) is 17.7 Å². The molecule has 1 aromatic heterocycles. The van der Waals surface area contributed by atoms with Gasteiger partial charge in [-0.25, -0.2) is 4.98 Å². The van der Waals surface area contributed by atoms with Crippen LogP contribution in [0.1, 0.15) is 33.3 Å². The fraction of sp³-hybridized carbons (Fsp3) is 0.333. The maximum atomic E-state index is 12.8. The first-order valence-corrected chi connectivity index (χ1v) is 14.8. The number of piperazine rings is 1. The third-order valence-corrected chi connectivity index (χ3v) is 8.64. The van der Waals surface area contributed by atoms with E-state index in [1.807, 2.05) is 47.1 Å². The number of halogens is 1. The van der Waals surface area contributed by atoms with Crippen LogP contribution < -0.4 is 10.6 Å². The van der Waals surface area contributed by atoms with Gasteiger partial charge in [0.2, 0.25) is 11.8 Å². The van der Waals surface area contributed by atoms with Gasteiger partial charge in [0.15, 0.2) is 5.13 Å². The number of nitrogens with one attached hydrogen (secondary N) is 2. The third-order valence-electron chi connectivity index (χ3n) is 7.41. The number of anilines is 3. The maximum Gasteiger partial charge on any atom is 0.267 e. The number of carbonyl (C=O) groups excluding carboxylic acids is 3. The summed E-state index contributed by atoms with van der Waals surface area (Å²) in [7, 11) is 0. The summed E-state index contributed by atoms with van der Waals surface area (Å²) < 4.78 is 0. The largest absolute Gasteiger partial charge is 0.340 e. The van der Waals surface area contributed by atoms with Crippen molar-refractivity contribution in [2.45, 2.75) is 26.8 Å². The highest BCUT2D eigenvalue weighted by molar-refractivity contribution is 7.17. The first-order valence-electron chi connectivity index (χ1n) is 13.6. The smallest absolute Gasteiger partial charge is 0.267 e. The normalized spacial score (nSPS) is 15.6. The topological polar surface area (TPSA) is 97.9 Å². The molecule has 1 fully saturated rings. The molecule has 0 saturated carbocycles. The fourth-order valence-electron chi connectivity index (χ4n) is 5.00. The van der Waals surface area contributed by atoms with Crippen LogP contribution in [0.2, 0.25) is 5.02 Å². The molecule has 214 valence electrons. The van der Waals surface area contributed by atoms with E-state index in [2.05, 4.69) is 26.6 Å². The van der Waals surface area contributed by atoms with Gasteiger partial charge in [-0.3, -0.25) is 19.3 Å². The van der Waals surface area contributed by atoms with Crippen molar-refractivity contribution in [2.24, 2.45) is 0 Å². The average molecular weight is 593 g/mol. The summed E-state index contributed by atoms with van der Waals surface area (Å²) in [5.41, 5.74) is 4.69. The molecule has 5 rings (SSSR count). The van der Waals surface area contributed by atoms with Gasteiger partial charge in [0.1, 0.15) is 4.88 Å². The molecule has 0 unspecified atom stereocenters. The van der Waals surface area contributed by atoms with Crippen molar-refractivity contribution in [3.05, 3.63) is 81.3 Å². The van der Waals surface area contributed by atoms with Crippen LogP contribution in [0.5, 0.6) is 0 Å². The maximum absolute atomic E-state index is 12.8. The van der Waals surface area contributed by atoms with Crippen LogP contribution in [0.25, 0.3) is 0 Å². The number of aryl methyl sites for hydroxylation is 1.